The Labute approximate surface area is 122 Å². The molecular weight excluding hydrogens is 282 g/mol. The lowest BCUT2D eigenvalue weighted by molar-refractivity contribution is -0.124. The number of carbonyl (C=O) groups is 1. The standard InChI is InChI=1S/C14H20ClNO2S/c1-5-14(2,3)13(17)16-11-6-7-12(15)10(8-11)9-19(4)18/h6-8H,5,9H2,1-4H3,(H,16,17)/t19-/m1/s1. The van der Waals surface area contributed by atoms with E-state index >= 15 is 0 Å². The fourth-order valence-electron chi connectivity index (χ4n) is 1.44. The van der Waals surface area contributed by atoms with Gasteiger partial charge in [0.1, 0.15) is 0 Å². The van der Waals surface area contributed by atoms with Gasteiger partial charge in [0.2, 0.25) is 5.91 Å². The summed E-state index contributed by atoms with van der Waals surface area (Å²) in [5.41, 5.74) is 1.07. The molecule has 0 aromatic heterocycles. The Morgan fingerprint density at radius 2 is 2.05 bits per heavy atom. The molecule has 0 aliphatic rings. The fourth-order valence-corrected chi connectivity index (χ4v) is 2.38. The quantitative estimate of drug-likeness (QED) is 0.903. The zero-order valence-corrected chi connectivity index (χ0v) is 13.3. The highest BCUT2D eigenvalue weighted by Crippen LogP contribution is 2.25. The van der Waals surface area contributed by atoms with Gasteiger partial charge in [-0.15, -0.1) is 0 Å². The molecule has 0 unspecified atom stereocenters. The number of rotatable bonds is 5. The Balaban J connectivity index is 2.91. The lowest BCUT2D eigenvalue weighted by Crippen LogP contribution is -2.30. The molecule has 0 aliphatic heterocycles. The van der Waals surface area contributed by atoms with Crippen molar-refractivity contribution in [3.8, 4) is 0 Å². The predicted molar refractivity (Wildman–Crippen MR) is 81.9 cm³/mol. The SMILES string of the molecule is CCC(C)(C)C(=O)Nc1ccc(Cl)c(C[S@@](C)=O)c1. The Morgan fingerprint density at radius 1 is 1.42 bits per heavy atom. The number of hydrogen-bond acceptors (Lipinski definition) is 2. The molecule has 1 N–H and O–H groups in total. The van der Waals surface area contributed by atoms with Gasteiger partial charge in [-0.2, -0.15) is 0 Å². The van der Waals surface area contributed by atoms with Gasteiger partial charge in [0.25, 0.3) is 0 Å². The van der Waals surface area contributed by atoms with Gasteiger partial charge in [-0.25, -0.2) is 0 Å². The number of hydrogen-bond donors (Lipinski definition) is 1. The van der Waals surface area contributed by atoms with E-state index in [1.54, 1.807) is 24.5 Å². The molecule has 19 heavy (non-hydrogen) atoms. The molecule has 0 saturated carbocycles. The molecule has 106 valence electrons. The minimum absolute atomic E-state index is 0.0270. The summed E-state index contributed by atoms with van der Waals surface area (Å²) in [6.45, 7) is 5.79. The highest BCUT2D eigenvalue weighted by atomic mass is 35.5. The number of carbonyl (C=O) groups excluding carboxylic acids is 1. The van der Waals surface area contributed by atoms with Crippen molar-refractivity contribution in [1.82, 2.24) is 0 Å². The van der Waals surface area contributed by atoms with Crippen molar-refractivity contribution < 1.29 is 9.00 Å². The van der Waals surface area contributed by atoms with Crippen LogP contribution < -0.4 is 5.32 Å². The Hall–Kier alpha value is -0.870. The second-order valence-corrected chi connectivity index (χ2v) is 7.06. The summed E-state index contributed by atoms with van der Waals surface area (Å²) in [6.07, 6.45) is 2.39. The van der Waals surface area contributed by atoms with E-state index in [2.05, 4.69) is 5.32 Å². The van der Waals surface area contributed by atoms with Gasteiger partial charge in [-0.3, -0.25) is 9.00 Å². The molecule has 1 atom stereocenters. The monoisotopic (exact) mass is 301 g/mol. The van der Waals surface area contributed by atoms with Crippen LogP contribution in [0.15, 0.2) is 18.2 Å². The first-order chi connectivity index (χ1) is 8.76. The Morgan fingerprint density at radius 3 is 2.58 bits per heavy atom. The van der Waals surface area contributed by atoms with E-state index in [1.165, 1.54) is 0 Å². The van der Waals surface area contributed by atoms with E-state index in [4.69, 9.17) is 11.6 Å². The van der Waals surface area contributed by atoms with E-state index in [1.807, 2.05) is 20.8 Å². The first kappa shape index (κ1) is 16.2. The third-order valence-electron chi connectivity index (χ3n) is 3.16. The number of benzene rings is 1. The van der Waals surface area contributed by atoms with Gasteiger partial charge in [-0.05, 0) is 30.2 Å². The van der Waals surface area contributed by atoms with E-state index in [0.29, 0.717) is 16.5 Å². The van der Waals surface area contributed by atoms with Crippen LogP contribution in [-0.4, -0.2) is 16.4 Å². The molecule has 5 heteroatoms. The van der Waals surface area contributed by atoms with Crippen LogP contribution in [-0.2, 0) is 21.3 Å². The van der Waals surface area contributed by atoms with Crippen molar-refractivity contribution in [1.29, 1.82) is 0 Å². The summed E-state index contributed by atoms with van der Waals surface area (Å²) in [5, 5.41) is 3.45. The average Bonchev–Trinajstić information content (AvgIpc) is 2.32. The summed E-state index contributed by atoms with van der Waals surface area (Å²) >= 11 is 6.05. The van der Waals surface area contributed by atoms with Crippen LogP contribution >= 0.6 is 11.6 Å². The molecular formula is C14H20ClNO2S. The Kier molecular flexibility index (Phi) is 5.56. The van der Waals surface area contributed by atoms with Crippen molar-refractivity contribution in [3.63, 3.8) is 0 Å². The minimum atomic E-state index is -0.964. The first-order valence-corrected chi connectivity index (χ1v) is 8.26. The van der Waals surface area contributed by atoms with Crippen LogP contribution in [0.3, 0.4) is 0 Å². The van der Waals surface area contributed by atoms with Crippen molar-refractivity contribution >= 4 is 34.0 Å². The van der Waals surface area contributed by atoms with Crippen LogP contribution in [0.4, 0.5) is 5.69 Å². The smallest absolute Gasteiger partial charge is 0.230 e. The largest absolute Gasteiger partial charge is 0.326 e. The molecule has 0 fully saturated rings. The van der Waals surface area contributed by atoms with Gasteiger partial charge < -0.3 is 5.32 Å². The minimum Gasteiger partial charge on any atom is -0.326 e. The molecule has 0 spiro atoms. The van der Waals surface area contributed by atoms with E-state index in [0.717, 1.165) is 12.0 Å². The normalized spacial score (nSPS) is 13.1. The topological polar surface area (TPSA) is 46.2 Å². The number of halogens is 1. The molecule has 1 amide bonds. The molecule has 3 nitrogen and oxygen atoms in total. The molecule has 0 heterocycles. The maximum atomic E-state index is 12.1. The molecule has 0 radical (unpaired) electrons. The van der Waals surface area contributed by atoms with Gasteiger partial charge >= 0.3 is 0 Å². The van der Waals surface area contributed by atoms with Gasteiger partial charge in [0.15, 0.2) is 0 Å². The van der Waals surface area contributed by atoms with Crippen LogP contribution in [0.25, 0.3) is 0 Å². The molecule has 0 bridgehead atoms. The van der Waals surface area contributed by atoms with Gasteiger partial charge in [0.05, 0.1) is 0 Å². The molecule has 0 aliphatic carbocycles. The summed E-state index contributed by atoms with van der Waals surface area (Å²) in [6, 6.07) is 5.26. The van der Waals surface area contributed by atoms with Crippen LogP contribution in [0, 0.1) is 5.41 Å². The summed E-state index contributed by atoms with van der Waals surface area (Å²) in [4.78, 5) is 12.1. The maximum Gasteiger partial charge on any atom is 0.230 e. The first-order valence-electron chi connectivity index (χ1n) is 6.16. The van der Waals surface area contributed by atoms with Crippen LogP contribution in [0.5, 0.6) is 0 Å². The lowest BCUT2D eigenvalue weighted by atomic mass is 9.89. The zero-order valence-electron chi connectivity index (χ0n) is 11.7. The third-order valence-corrected chi connectivity index (χ3v) is 4.25. The van der Waals surface area contributed by atoms with Gasteiger partial charge in [0, 0.05) is 38.9 Å². The van der Waals surface area contributed by atoms with E-state index in [-0.39, 0.29) is 5.91 Å². The van der Waals surface area contributed by atoms with Crippen LogP contribution in [0.1, 0.15) is 32.8 Å². The molecule has 1 aromatic rings. The fraction of sp³-hybridized carbons (Fsp3) is 0.500. The number of anilines is 1. The van der Waals surface area contributed by atoms with Crippen molar-refractivity contribution in [2.24, 2.45) is 5.41 Å². The lowest BCUT2D eigenvalue weighted by Gasteiger charge is -2.21. The third kappa shape index (κ3) is 4.62. The second-order valence-electron chi connectivity index (χ2n) is 5.22. The van der Waals surface area contributed by atoms with Crippen molar-refractivity contribution in [3.05, 3.63) is 28.8 Å². The molecule has 1 rings (SSSR count). The highest BCUT2D eigenvalue weighted by Gasteiger charge is 2.25. The average molecular weight is 302 g/mol. The van der Waals surface area contributed by atoms with E-state index in [9.17, 15) is 9.00 Å². The number of amides is 1. The second kappa shape index (κ2) is 6.53. The molecule has 1 aromatic carbocycles. The van der Waals surface area contributed by atoms with E-state index < -0.39 is 16.2 Å². The molecule has 0 saturated heterocycles. The predicted octanol–water partition coefficient (Wildman–Crippen LogP) is 3.59. The number of nitrogens with one attached hydrogen (secondary N) is 1. The highest BCUT2D eigenvalue weighted by molar-refractivity contribution is 7.83. The summed E-state index contributed by atoms with van der Waals surface area (Å²) in [5.74, 6) is 0.362. The van der Waals surface area contributed by atoms with Crippen molar-refractivity contribution in [2.45, 2.75) is 32.9 Å². The zero-order chi connectivity index (χ0) is 14.6. The van der Waals surface area contributed by atoms with Crippen LogP contribution in [0.2, 0.25) is 5.02 Å². The van der Waals surface area contributed by atoms with Crippen molar-refractivity contribution in [2.75, 3.05) is 11.6 Å². The Bertz CT molecular complexity index is 500. The summed E-state index contributed by atoms with van der Waals surface area (Å²) < 4.78 is 11.3. The maximum absolute atomic E-state index is 12.1. The van der Waals surface area contributed by atoms with Gasteiger partial charge in [-0.1, -0.05) is 32.4 Å². The summed E-state index contributed by atoms with van der Waals surface area (Å²) in [7, 11) is -0.964.